The van der Waals surface area contributed by atoms with Gasteiger partial charge in [-0.15, -0.1) is 0 Å². The van der Waals surface area contributed by atoms with Gasteiger partial charge in [0.25, 0.3) is 5.78 Å². The summed E-state index contributed by atoms with van der Waals surface area (Å²) in [6.45, 7) is 0.182. The highest BCUT2D eigenvalue weighted by Gasteiger charge is 2.30. The zero-order chi connectivity index (χ0) is 22.1. The second-order valence-electron chi connectivity index (χ2n) is 6.45. The summed E-state index contributed by atoms with van der Waals surface area (Å²) in [7, 11) is 1.45. The minimum atomic E-state index is -4.43. The van der Waals surface area contributed by atoms with E-state index in [1.807, 2.05) is 0 Å². The molecule has 0 amide bonds. The van der Waals surface area contributed by atoms with Gasteiger partial charge in [-0.3, -0.25) is 4.79 Å². The molecule has 2 N–H and O–H groups in total. The zero-order valence-corrected chi connectivity index (χ0v) is 15.6. The van der Waals surface area contributed by atoms with Gasteiger partial charge in [-0.25, -0.2) is 4.79 Å². The molecule has 0 radical (unpaired) electrons. The molecule has 6 nitrogen and oxygen atoms in total. The molecule has 3 rings (SSSR count). The van der Waals surface area contributed by atoms with Gasteiger partial charge in [-0.1, -0.05) is 12.1 Å². The van der Waals surface area contributed by atoms with Crippen LogP contribution in [0, 0.1) is 0 Å². The third kappa shape index (κ3) is 4.29. The summed E-state index contributed by atoms with van der Waals surface area (Å²) in [5.74, 6) is -3.09. The van der Waals surface area contributed by atoms with Crippen LogP contribution in [0.25, 0.3) is 16.7 Å². The number of aliphatic carboxylic acids is 1. The molecule has 0 aliphatic heterocycles. The summed E-state index contributed by atoms with van der Waals surface area (Å²) in [5.41, 5.74) is 0.605. The number of carbonyl (C=O) groups excluding carboxylic acids is 1. The molecule has 0 unspecified atom stereocenters. The van der Waals surface area contributed by atoms with Crippen molar-refractivity contribution in [3.05, 3.63) is 71.4 Å². The van der Waals surface area contributed by atoms with Gasteiger partial charge < -0.3 is 19.5 Å². The Kier molecular flexibility index (Phi) is 5.55. The minimum Gasteiger partial charge on any atom is -0.507 e. The molecule has 0 spiro atoms. The SMILES string of the molecule is COc1ccc2c(c1)c(C(O)=CC(=O)C(=O)O)cn2Cc1ccc(C(F)(F)F)cc1. The summed E-state index contributed by atoms with van der Waals surface area (Å²) >= 11 is 0. The lowest BCUT2D eigenvalue weighted by Gasteiger charge is -2.09. The number of methoxy groups -OCH3 is 1. The van der Waals surface area contributed by atoms with Crippen LogP contribution < -0.4 is 4.74 Å². The monoisotopic (exact) mass is 419 g/mol. The van der Waals surface area contributed by atoms with E-state index >= 15 is 0 Å². The molecule has 0 saturated heterocycles. The largest absolute Gasteiger partial charge is 0.507 e. The third-order valence-corrected chi connectivity index (χ3v) is 4.48. The number of rotatable bonds is 6. The van der Waals surface area contributed by atoms with Gasteiger partial charge in [-0.2, -0.15) is 13.2 Å². The number of nitrogens with zero attached hydrogens (tertiary/aromatic N) is 1. The van der Waals surface area contributed by atoms with Crippen molar-refractivity contribution < 1.29 is 37.7 Å². The van der Waals surface area contributed by atoms with Gasteiger partial charge in [0.1, 0.15) is 11.5 Å². The number of hydrogen-bond acceptors (Lipinski definition) is 4. The van der Waals surface area contributed by atoms with Crippen molar-refractivity contribution in [2.24, 2.45) is 0 Å². The van der Waals surface area contributed by atoms with Crippen molar-refractivity contribution in [1.82, 2.24) is 4.57 Å². The average molecular weight is 419 g/mol. The van der Waals surface area contributed by atoms with E-state index in [0.717, 1.165) is 12.1 Å². The molecule has 2 aromatic carbocycles. The lowest BCUT2D eigenvalue weighted by Crippen LogP contribution is -2.09. The van der Waals surface area contributed by atoms with E-state index < -0.39 is 29.3 Å². The normalized spacial score (nSPS) is 12.2. The van der Waals surface area contributed by atoms with E-state index in [4.69, 9.17) is 9.84 Å². The van der Waals surface area contributed by atoms with E-state index in [9.17, 15) is 27.9 Å². The number of ketones is 1. The molecule has 156 valence electrons. The molecule has 30 heavy (non-hydrogen) atoms. The van der Waals surface area contributed by atoms with Crippen LogP contribution in [0.3, 0.4) is 0 Å². The molecule has 0 atom stereocenters. The summed E-state index contributed by atoms with van der Waals surface area (Å²) in [4.78, 5) is 22.2. The van der Waals surface area contributed by atoms with E-state index in [-0.39, 0.29) is 12.1 Å². The number of fused-ring (bicyclic) bond motifs is 1. The topological polar surface area (TPSA) is 88.8 Å². The van der Waals surface area contributed by atoms with Crippen molar-refractivity contribution in [2.75, 3.05) is 7.11 Å². The predicted octanol–water partition coefficient (Wildman–Crippen LogP) is 4.27. The number of alkyl halides is 3. The van der Waals surface area contributed by atoms with Crippen LogP contribution in [0.15, 0.2) is 54.7 Å². The fourth-order valence-electron chi connectivity index (χ4n) is 3.00. The summed E-state index contributed by atoms with van der Waals surface area (Å²) in [5, 5.41) is 19.5. The number of carbonyl (C=O) groups is 2. The first-order chi connectivity index (χ1) is 14.1. The first-order valence-corrected chi connectivity index (χ1v) is 8.61. The Morgan fingerprint density at radius 1 is 1.10 bits per heavy atom. The van der Waals surface area contributed by atoms with Gasteiger partial charge in [0.2, 0.25) is 0 Å². The highest BCUT2D eigenvalue weighted by molar-refractivity contribution is 6.38. The van der Waals surface area contributed by atoms with E-state index in [1.54, 1.807) is 22.8 Å². The van der Waals surface area contributed by atoms with Crippen molar-refractivity contribution in [3.63, 3.8) is 0 Å². The van der Waals surface area contributed by atoms with E-state index in [0.29, 0.717) is 28.3 Å². The molecule has 1 aromatic heterocycles. The molecule has 9 heteroatoms. The average Bonchev–Trinajstić information content (AvgIpc) is 3.05. The number of carboxylic acids is 1. The lowest BCUT2D eigenvalue weighted by molar-refractivity contribution is -0.146. The molecule has 0 aliphatic carbocycles. The number of carboxylic acid groups (broad SMARTS) is 1. The Bertz CT molecular complexity index is 1140. The van der Waals surface area contributed by atoms with Gasteiger partial charge >= 0.3 is 12.1 Å². The summed E-state index contributed by atoms with van der Waals surface area (Å²) in [6.07, 6.45) is -2.35. The standard InChI is InChI=1S/C21H16F3NO5/c1-30-14-6-7-17-15(8-14)16(18(26)9-19(27)20(28)29)11-25(17)10-12-2-4-13(5-3-12)21(22,23)24/h2-9,11,26H,10H2,1H3,(H,28,29). The van der Waals surface area contributed by atoms with Crippen LogP contribution in [0.2, 0.25) is 0 Å². The van der Waals surface area contributed by atoms with Gasteiger partial charge in [0.05, 0.1) is 12.7 Å². The maximum atomic E-state index is 12.8. The first-order valence-electron chi connectivity index (χ1n) is 8.61. The van der Waals surface area contributed by atoms with Crippen molar-refractivity contribution in [1.29, 1.82) is 0 Å². The number of hydrogen-bond donors (Lipinski definition) is 2. The Morgan fingerprint density at radius 3 is 2.33 bits per heavy atom. The fourth-order valence-corrected chi connectivity index (χ4v) is 3.00. The van der Waals surface area contributed by atoms with Crippen LogP contribution in [0.4, 0.5) is 13.2 Å². The van der Waals surface area contributed by atoms with Crippen LogP contribution in [-0.2, 0) is 22.3 Å². The Balaban J connectivity index is 2.05. The number of benzene rings is 2. The smallest absolute Gasteiger partial charge is 0.416 e. The van der Waals surface area contributed by atoms with Gasteiger partial charge in [-0.05, 0) is 35.9 Å². The number of ether oxygens (including phenoxy) is 1. The van der Waals surface area contributed by atoms with Crippen molar-refractivity contribution >= 4 is 28.4 Å². The second-order valence-corrected chi connectivity index (χ2v) is 6.45. The van der Waals surface area contributed by atoms with Crippen molar-refractivity contribution in [2.45, 2.75) is 12.7 Å². The van der Waals surface area contributed by atoms with Crippen LogP contribution >= 0.6 is 0 Å². The number of halogens is 3. The number of aliphatic hydroxyl groups is 1. The highest BCUT2D eigenvalue weighted by atomic mass is 19.4. The molecule has 0 aliphatic rings. The van der Waals surface area contributed by atoms with E-state index in [1.165, 1.54) is 25.4 Å². The van der Waals surface area contributed by atoms with Gasteiger partial charge in [0, 0.05) is 35.3 Å². The van der Waals surface area contributed by atoms with Crippen molar-refractivity contribution in [3.8, 4) is 5.75 Å². The molecular weight excluding hydrogens is 403 g/mol. The predicted molar refractivity (Wildman–Crippen MR) is 102 cm³/mol. The maximum Gasteiger partial charge on any atom is 0.416 e. The highest BCUT2D eigenvalue weighted by Crippen LogP contribution is 2.32. The zero-order valence-electron chi connectivity index (χ0n) is 15.6. The number of aromatic nitrogens is 1. The minimum absolute atomic E-state index is 0.182. The number of aliphatic hydroxyl groups excluding tert-OH is 1. The fraction of sp³-hybridized carbons (Fsp3) is 0.143. The van der Waals surface area contributed by atoms with E-state index in [2.05, 4.69) is 0 Å². The third-order valence-electron chi connectivity index (χ3n) is 4.48. The molecule has 0 fully saturated rings. The maximum absolute atomic E-state index is 12.8. The first kappa shape index (κ1) is 21.0. The second kappa shape index (κ2) is 7.94. The molecule has 1 heterocycles. The quantitative estimate of drug-likeness (QED) is 0.354. The van der Waals surface area contributed by atoms with Crippen LogP contribution in [0.5, 0.6) is 5.75 Å². The summed E-state index contributed by atoms with van der Waals surface area (Å²) in [6, 6.07) is 9.61. The van der Waals surface area contributed by atoms with Crippen LogP contribution in [0.1, 0.15) is 16.7 Å². The van der Waals surface area contributed by atoms with Crippen LogP contribution in [-0.4, -0.2) is 33.6 Å². The molecule has 0 saturated carbocycles. The van der Waals surface area contributed by atoms with Gasteiger partial charge in [0.15, 0.2) is 0 Å². The Morgan fingerprint density at radius 2 is 1.77 bits per heavy atom. The Hall–Kier alpha value is -3.75. The lowest BCUT2D eigenvalue weighted by atomic mass is 10.1. The molecule has 3 aromatic rings. The summed E-state index contributed by atoms with van der Waals surface area (Å²) < 4.78 is 45.1. The molecular formula is C21H16F3NO5. The Labute approximate surface area is 168 Å². The molecule has 0 bridgehead atoms.